The molecule has 0 radical (unpaired) electrons. The van der Waals surface area contributed by atoms with Gasteiger partial charge in [0.2, 0.25) is 0 Å². The van der Waals surface area contributed by atoms with E-state index in [1.165, 1.54) is 23.5 Å². The first-order valence-corrected chi connectivity index (χ1v) is 11.7. The van der Waals surface area contributed by atoms with Crippen LogP contribution in [0.5, 0.6) is 5.75 Å². The maximum atomic E-state index is 12.8. The van der Waals surface area contributed by atoms with Crippen LogP contribution in [0.1, 0.15) is 53.4 Å². The Morgan fingerprint density at radius 1 is 0.943 bits per heavy atom. The van der Waals surface area contributed by atoms with Crippen molar-refractivity contribution in [3.63, 3.8) is 0 Å². The van der Waals surface area contributed by atoms with E-state index in [0.717, 1.165) is 22.6 Å². The highest BCUT2D eigenvalue weighted by Gasteiger charge is 2.31. The van der Waals surface area contributed by atoms with Gasteiger partial charge in [0.05, 0.1) is 16.9 Å². The monoisotopic (exact) mass is 505 g/mol. The topological polar surface area (TPSA) is 75.6 Å². The van der Waals surface area contributed by atoms with Crippen molar-refractivity contribution in [2.24, 2.45) is 5.41 Å². The predicted octanol–water partition coefficient (Wildman–Crippen LogP) is 6.80. The van der Waals surface area contributed by atoms with Crippen LogP contribution in [-0.2, 0) is 11.0 Å². The number of benzene rings is 2. The number of nitrogens with one attached hydrogen (secondary N) is 1. The molecule has 1 aromatic heterocycles. The zero-order valence-electron chi connectivity index (χ0n) is 19.5. The number of hydrogen-bond acceptors (Lipinski definition) is 4. The highest BCUT2D eigenvalue weighted by Crippen LogP contribution is 2.40. The number of hydrogen-bond donors (Lipinski definition) is 2. The van der Waals surface area contributed by atoms with Crippen molar-refractivity contribution in [1.82, 2.24) is 5.32 Å². The summed E-state index contributed by atoms with van der Waals surface area (Å²) in [6.07, 6.45) is -4.90. The first kappa shape index (κ1) is 26.3. The van der Waals surface area contributed by atoms with Gasteiger partial charge in [-0.1, -0.05) is 45.0 Å². The van der Waals surface area contributed by atoms with Gasteiger partial charge in [-0.15, -0.1) is 11.3 Å². The molecule has 0 saturated carbocycles. The molecule has 35 heavy (non-hydrogen) atoms. The van der Waals surface area contributed by atoms with Crippen molar-refractivity contribution >= 4 is 23.2 Å². The Kier molecular flexibility index (Phi) is 7.90. The quantitative estimate of drug-likeness (QED) is 0.353. The van der Waals surface area contributed by atoms with Crippen molar-refractivity contribution in [3.05, 3.63) is 76.0 Å². The molecule has 2 N–H and O–H groups in total. The maximum absolute atomic E-state index is 12.8. The van der Waals surface area contributed by atoms with Gasteiger partial charge in [0.25, 0.3) is 5.91 Å². The number of amides is 1. The van der Waals surface area contributed by atoms with Crippen LogP contribution in [0.4, 0.5) is 13.2 Å². The van der Waals surface area contributed by atoms with E-state index in [2.05, 4.69) is 5.32 Å². The van der Waals surface area contributed by atoms with E-state index >= 15 is 0 Å². The molecular weight excluding hydrogens is 479 g/mol. The van der Waals surface area contributed by atoms with Crippen LogP contribution in [0.25, 0.3) is 11.1 Å². The molecule has 1 amide bonds. The van der Waals surface area contributed by atoms with E-state index in [1.807, 2.05) is 26.8 Å². The molecule has 0 bridgehead atoms. The molecule has 3 aromatic rings. The number of thiophene rings is 1. The summed E-state index contributed by atoms with van der Waals surface area (Å²) in [4.78, 5) is 24.3. The molecule has 0 aliphatic heterocycles. The minimum Gasteiger partial charge on any atom is -0.484 e. The molecular formula is C26H26F3NO4S. The first-order chi connectivity index (χ1) is 16.3. The molecule has 0 saturated heterocycles. The number of carboxylic acids is 1. The normalized spacial score (nSPS) is 12.7. The van der Waals surface area contributed by atoms with Gasteiger partial charge >= 0.3 is 12.1 Å². The number of carbonyl (C=O) groups excluding carboxylic acids is 1. The summed E-state index contributed by atoms with van der Waals surface area (Å²) in [5, 5.41) is 11.3. The van der Waals surface area contributed by atoms with Crippen molar-refractivity contribution < 1.29 is 32.6 Å². The highest BCUT2D eigenvalue weighted by molar-refractivity contribution is 7.14. The Morgan fingerprint density at radius 2 is 1.51 bits per heavy atom. The molecule has 0 aliphatic rings. The SMILES string of the molecule is CC(C)(C)[C@@H](Oc1ccc(-c2ccc(C(F)(F)F)cc2)cc1)c1ccc(C(=O)NCCC(=O)O)s1. The largest absolute Gasteiger partial charge is 0.484 e. The van der Waals surface area contributed by atoms with Crippen LogP contribution in [0.3, 0.4) is 0 Å². The molecule has 0 aliphatic carbocycles. The van der Waals surface area contributed by atoms with Crippen LogP contribution >= 0.6 is 11.3 Å². The van der Waals surface area contributed by atoms with E-state index in [0.29, 0.717) is 16.2 Å². The molecule has 2 aromatic carbocycles. The van der Waals surface area contributed by atoms with Gasteiger partial charge in [0, 0.05) is 16.8 Å². The van der Waals surface area contributed by atoms with Crippen molar-refractivity contribution in [2.75, 3.05) is 6.54 Å². The average molecular weight is 506 g/mol. The third-order valence-corrected chi connectivity index (χ3v) is 6.30. The minimum atomic E-state index is -4.38. The van der Waals surface area contributed by atoms with E-state index in [1.54, 1.807) is 30.3 Å². The molecule has 9 heteroatoms. The Morgan fingerprint density at radius 3 is 2.03 bits per heavy atom. The van der Waals surface area contributed by atoms with Crippen LogP contribution < -0.4 is 10.1 Å². The first-order valence-electron chi connectivity index (χ1n) is 10.9. The number of halogens is 3. The molecule has 1 heterocycles. The summed E-state index contributed by atoms with van der Waals surface area (Å²) >= 11 is 1.28. The third kappa shape index (κ3) is 7.08. The predicted molar refractivity (Wildman–Crippen MR) is 129 cm³/mol. The molecule has 1 atom stereocenters. The fourth-order valence-electron chi connectivity index (χ4n) is 3.36. The van der Waals surface area contributed by atoms with E-state index < -0.39 is 17.7 Å². The number of carboxylic acid groups (broad SMARTS) is 1. The average Bonchev–Trinajstić information content (AvgIpc) is 3.26. The second-order valence-electron chi connectivity index (χ2n) is 9.07. The lowest BCUT2D eigenvalue weighted by atomic mass is 9.88. The van der Waals surface area contributed by atoms with Crippen LogP contribution in [0, 0.1) is 5.41 Å². The molecule has 0 fully saturated rings. The van der Waals surface area contributed by atoms with Gasteiger partial charge in [-0.3, -0.25) is 9.59 Å². The molecule has 186 valence electrons. The fraction of sp³-hybridized carbons (Fsp3) is 0.308. The standard InChI is InChI=1S/C26H26F3NO4S/c1-25(2,3)23(20-12-13-21(35-20)24(33)30-15-14-22(31)32)34-19-10-6-17(7-11-19)16-4-8-18(9-5-16)26(27,28)29/h4-13,23H,14-15H2,1-3H3,(H,30,33)(H,31,32)/t23-/m0/s1. The summed E-state index contributed by atoms with van der Waals surface area (Å²) in [5.74, 6) is -0.736. The van der Waals surface area contributed by atoms with Gasteiger partial charge in [-0.25, -0.2) is 0 Å². The number of rotatable bonds is 8. The second-order valence-corrected chi connectivity index (χ2v) is 10.2. The number of alkyl halides is 3. The zero-order valence-corrected chi connectivity index (χ0v) is 20.3. The minimum absolute atomic E-state index is 0.0475. The number of ether oxygens (including phenoxy) is 1. The summed E-state index contributed by atoms with van der Waals surface area (Å²) in [6.45, 7) is 6.09. The molecule has 5 nitrogen and oxygen atoms in total. The Bertz CT molecular complexity index is 1160. The lowest BCUT2D eigenvalue weighted by Gasteiger charge is -2.30. The van der Waals surface area contributed by atoms with Gasteiger partial charge in [0.15, 0.2) is 0 Å². The summed E-state index contributed by atoms with van der Waals surface area (Å²) in [7, 11) is 0. The van der Waals surface area contributed by atoms with E-state index in [4.69, 9.17) is 9.84 Å². The van der Waals surface area contributed by atoms with Crippen LogP contribution in [-0.4, -0.2) is 23.5 Å². The fourth-order valence-corrected chi connectivity index (χ4v) is 4.56. The highest BCUT2D eigenvalue weighted by atomic mass is 32.1. The maximum Gasteiger partial charge on any atom is 0.416 e. The third-order valence-electron chi connectivity index (χ3n) is 5.17. The smallest absolute Gasteiger partial charge is 0.416 e. The van der Waals surface area contributed by atoms with Crippen molar-refractivity contribution in [3.8, 4) is 16.9 Å². The van der Waals surface area contributed by atoms with Crippen LogP contribution in [0.15, 0.2) is 60.7 Å². The molecule has 3 rings (SSSR count). The molecule has 0 unspecified atom stereocenters. The number of aliphatic carboxylic acids is 1. The summed E-state index contributed by atoms with van der Waals surface area (Å²) in [6, 6.07) is 15.6. The van der Waals surface area contributed by atoms with E-state index in [9.17, 15) is 22.8 Å². The van der Waals surface area contributed by atoms with Crippen LogP contribution in [0.2, 0.25) is 0 Å². The molecule has 0 spiro atoms. The van der Waals surface area contributed by atoms with Crippen molar-refractivity contribution in [2.45, 2.75) is 39.5 Å². The van der Waals surface area contributed by atoms with Gasteiger partial charge in [0.1, 0.15) is 11.9 Å². The Hall–Kier alpha value is -3.33. The second kappa shape index (κ2) is 10.5. The lowest BCUT2D eigenvalue weighted by Crippen LogP contribution is -2.25. The summed E-state index contributed by atoms with van der Waals surface area (Å²) < 4.78 is 44.7. The lowest BCUT2D eigenvalue weighted by molar-refractivity contribution is -0.138. The Balaban J connectivity index is 1.73. The van der Waals surface area contributed by atoms with Crippen molar-refractivity contribution in [1.29, 1.82) is 0 Å². The summed E-state index contributed by atoms with van der Waals surface area (Å²) in [5.41, 5.74) is 0.414. The van der Waals surface area contributed by atoms with Gasteiger partial charge in [-0.2, -0.15) is 13.2 Å². The number of carbonyl (C=O) groups is 2. The van der Waals surface area contributed by atoms with E-state index in [-0.39, 0.29) is 30.4 Å². The zero-order chi connectivity index (χ0) is 25.8. The van der Waals surface area contributed by atoms with Gasteiger partial charge in [-0.05, 0) is 47.5 Å². The Labute approximate surface area is 205 Å². The van der Waals surface area contributed by atoms with Gasteiger partial charge < -0.3 is 15.2 Å².